The van der Waals surface area contributed by atoms with Crippen LogP contribution in [0.4, 0.5) is 0 Å². The Morgan fingerprint density at radius 3 is 2.77 bits per heavy atom. The Kier molecular flexibility index (Phi) is 2.99. The van der Waals surface area contributed by atoms with Gasteiger partial charge in [-0.25, -0.2) is 0 Å². The molecule has 2 aliphatic rings. The molecule has 69 valence electrons. The zero-order chi connectivity index (χ0) is 9.10. The molecule has 0 amide bonds. The zero-order valence-corrected chi connectivity index (χ0v) is 7.70. The maximum atomic E-state index is 10.6. The molecule has 0 aromatic carbocycles. The molecule has 0 N–H and O–H groups in total. The molecular formula is C11H14NO. The number of carbonyl (C=O) groups is 1. The minimum atomic E-state index is 0.854. The van der Waals surface area contributed by atoms with E-state index >= 15 is 0 Å². The van der Waals surface area contributed by atoms with Crippen molar-refractivity contribution in [3.8, 4) is 0 Å². The highest BCUT2D eigenvalue weighted by atomic mass is 16.1. The molecule has 1 aliphatic heterocycles. The van der Waals surface area contributed by atoms with Crippen molar-refractivity contribution in [1.82, 2.24) is 4.90 Å². The summed E-state index contributed by atoms with van der Waals surface area (Å²) in [6, 6.07) is 0. The number of carbonyl (C=O) groups excluding carboxylic acids is 1. The molecule has 0 atom stereocenters. The molecule has 1 saturated carbocycles. The van der Waals surface area contributed by atoms with Crippen LogP contribution in [0.2, 0.25) is 0 Å². The highest BCUT2D eigenvalue weighted by Gasteiger charge is 2.30. The van der Waals surface area contributed by atoms with Gasteiger partial charge in [0.2, 0.25) is 0 Å². The molecule has 13 heavy (non-hydrogen) atoms. The Labute approximate surface area is 80.3 Å². The van der Waals surface area contributed by atoms with Gasteiger partial charge in [-0.05, 0) is 45.2 Å². The Balaban J connectivity index is 1.82. The quantitative estimate of drug-likeness (QED) is 0.599. The second kappa shape index (κ2) is 4.23. The van der Waals surface area contributed by atoms with Crippen LogP contribution in [-0.4, -0.2) is 30.8 Å². The minimum Gasteiger partial charge on any atom is -0.303 e. The third-order valence-electron chi connectivity index (χ3n) is 2.66. The van der Waals surface area contributed by atoms with E-state index in [1.807, 2.05) is 19.3 Å². The van der Waals surface area contributed by atoms with Crippen LogP contribution in [0.5, 0.6) is 0 Å². The van der Waals surface area contributed by atoms with Gasteiger partial charge in [-0.2, -0.15) is 0 Å². The lowest BCUT2D eigenvalue weighted by Crippen LogP contribution is -2.27. The first-order chi connectivity index (χ1) is 6.40. The summed E-state index contributed by atoms with van der Waals surface area (Å²) in [5.41, 5.74) is 0. The Morgan fingerprint density at radius 1 is 1.31 bits per heavy atom. The van der Waals surface area contributed by atoms with Crippen LogP contribution in [0.25, 0.3) is 0 Å². The summed E-state index contributed by atoms with van der Waals surface area (Å²) in [6.45, 7) is 3.31. The molecular weight excluding hydrogens is 162 g/mol. The summed E-state index contributed by atoms with van der Waals surface area (Å²) < 4.78 is 0. The lowest BCUT2D eigenvalue weighted by molar-refractivity contribution is -0.106. The molecule has 2 heteroatoms. The first-order valence-corrected chi connectivity index (χ1v) is 4.82. The molecule has 0 aromatic heterocycles. The second-order valence-corrected chi connectivity index (χ2v) is 3.61. The minimum absolute atomic E-state index is 0.854. The molecule has 1 saturated heterocycles. The van der Waals surface area contributed by atoms with E-state index in [0.29, 0.717) is 0 Å². The Morgan fingerprint density at radius 2 is 2.08 bits per heavy atom. The molecule has 0 unspecified atom stereocenters. The smallest absolute Gasteiger partial charge is 0.128 e. The van der Waals surface area contributed by atoms with Crippen LogP contribution >= 0.6 is 0 Å². The fourth-order valence-corrected chi connectivity index (χ4v) is 1.91. The van der Waals surface area contributed by atoms with E-state index in [-0.39, 0.29) is 0 Å². The predicted octanol–water partition coefficient (Wildman–Crippen LogP) is 1.06. The van der Waals surface area contributed by atoms with E-state index in [2.05, 4.69) is 4.90 Å². The fourth-order valence-electron chi connectivity index (χ4n) is 1.91. The third kappa shape index (κ3) is 2.11. The van der Waals surface area contributed by atoms with Crippen molar-refractivity contribution in [3.05, 3.63) is 31.1 Å². The average molecular weight is 176 g/mol. The SMILES string of the molecule is O=C[C]1[CH][CH][CH][C]1CN1CCCC1. The van der Waals surface area contributed by atoms with Gasteiger partial charge in [-0.15, -0.1) is 0 Å². The summed E-state index contributed by atoms with van der Waals surface area (Å²) in [7, 11) is 0. The van der Waals surface area contributed by atoms with E-state index in [9.17, 15) is 4.79 Å². The summed E-state index contributed by atoms with van der Waals surface area (Å²) in [5, 5.41) is 0. The Bertz CT molecular complexity index is 175. The number of likely N-dealkylation sites (tertiary alicyclic amines) is 1. The van der Waals surface area contributed by atoms with Crippen LogP contribution in [0.3, 0.4) is 0 Å². The summed E-state index contributed by atoms with van der Waals surface area (Å²) >= 11 is 0. The lowest BCUT2D eigenvalue weighted by atomic mass is 9.97. The molecule has 0 bridgehead atoms. The highest BCUT2D eigenvalue weighted by molar-refractivity contribution is 5.81. The molecule has 1 heterocycles. The molecule has 0 spiro atoms. The number of hydrogen-bond donors (Lipinski definition) is 0. The topological polar surface area (TPSA) is 20.3 Å². The molecule has 0 aromatic rings. The van der Waals surface area contributed by atoms with E-state index in [1.54, 1.807) is 0 Å². The third-order valence-corrected chi connectivity index (χ3v) is 2.66. The van der Waals surface area contributed by atoms with Gasteiger partial charge in [0.05, 0.1) is 5.92 Å². The zero-order valence-electron chi connectivity index (χ0n) is 7.70. The van der Waals surface area contributed by atoms with Gasteiger partial charge in [0.25, 0.3) is 0 Å². The highest BCUT2D eigenvalue weighted by Crippen LogP contribution is 2.32. The summed E-state index contributed by atoms with van der Waals surface area (Å²) in [5.74, 6) is 2.03. The van der Waals surface area contributed by atoms with Crippen molar-refractivity contribution in [2.24, 2.45) is 0 Å². The second-order valence-electron chi connectivity index (χ2n) is 3.61. The summed E-state index contributed by atoms with van der Waals surface area (Å²) in [4.78, 5) is 13.0. The normalized spacial score (nSPS) is 27.1. The monoisotopic (exact) mass is 176 g/mol. The van der Waals surface area contributed by atoms with Crippen LogP contribution < -0.4 is 0 Å². The van der Waals surface area contributed by atoms with Crippen LogP contribution in [0, 0.1) is 31.1 Å². The molecule has 2 fully saturated rings. The fraction of sp³-hybridized carbons (Fsp3) is 0.455. The Hall–Kier alpha value is -0.370. The largest absolute Gasteiger partial charge is 0.303 e. The lowest BCUT2D eigenvalue weighted by Gasteiger charge is -2.20. The first-order valence-electron chi connectivity index (χ1n) is 4.82. The van der Waals surface area contributed by atoms with Gasteiger partial charge < -0.3 is 9.69 Å². The maximum Gasteiger partial charge on any atom is 0.128 e. The van der Waals surface area contributed by atoms with Crippen molar-refractivity contribution >= 4 is 6.29 Å². The maximum absolute atomic E-state index is 10.6. The van der Waals surface area contributed by atoms with Gasteiger partial charge in [0.1, 0.15) is 6.29 Å². The number of aldehydes is 1. The summed E-state index contributed by atoms with van der Waals surface area (Å²) in [6.07, 6.45) is 9.44. The molecule has 1 aliphatic carbocycles. The number of rotatable bonds is 3. The van der Waals surface area contributed by atoms with Crippen molar-refractivity contribution in [2.75, 3.05) is 19.6 Å². The number of hydrogen-bond acceptors (Lipinski definition) is 2. The first kappa shape index (κ1) is 9.20. The van der Waals surface area contributed by atoms with E-state index < -0.39 is 0 Å². The van der Waals surface area contributed by atoms with Crippen LogP contribution in [-0.2, 0) is 4.79 Å². The van der Waals surface area contributed by atoms with Gasteiger partial charge in [0, 0.05) is 12.5 Å². The number of nitrogens with zero attached hydrogens (tertiary/aromatic N) is 1. The predicted molar refractivity (Wildman–Crippen MR) is 51.1 cm³/mol. The average Bonchev–Trinajstić information content (AvgIpc) is 2.76. The molecule has 5 radical (unpaired) electrons. The van der Waals surface area contributed by atoms with Crippen molar-refractivity contribution in [1.29, 1.82) is 0 Å². The van der Waals surface area contributed by atoms with Gasteiger partial charge in [-0.3, -0.25) is 0 Å². The van der Waals surface area contributed by atoms with E-state index in [0.717, 1.165) is 18.7 Å². The standard InChI is InChI=1S/C11H14NO/c13-9-11-5-3-4-10(11)8-12-6-1-2-7-12/h3-5,9H,1-2,6-8H2. The van der Waals surface area contributed by atoms with Gasteiger partial charge in [-0.1, -0.05) is 0 Å². The van der Waals surface area contributed by atoms with E-state index in [4.69, 9.17) is 0 Å². The van der Waals surface area contributed by atoms with Gasteiger partial charge in [0.15, 0.2) is 0 Å². The molecule has 2 nitrogen and oxygen atoms in total. The molecule has 2 rings (SSSR count). The van der Waals surface area contributed by atoms with Crippen LogP contribution in [0.1, 0.15) is 12.8 Å². The van der Waals surface area contributed by atoms with Crippen molar-refractivity contribution < 1.29 is 4.79 Å². The van der Waals surface area contributed by atoms with Crippen molar-refractivity contribution in [3.63, 3.8) is 0 Å². The van der Waals surface area contributed by atoms with Gasteiger partial charge >= 0.3 is 0 Å². The van der Waals surface area contributed by atoms with E-state index in [1.165, 1.54) is 31.8 Å². The van der Waals surface area contributed by atoms with Crippen LogP contribution in [0.15, 0.2) is 0 Å². The van der Waals surface area contributed by atoms with Crippen molar-refractivity contribution in [2.45, 2.75) is 12.8 Å².